The average Bonchev–Trinajstić information content (AvgIpc) is 2.40. The molecule has 2 bridgehead atoms. The summed E-state index contributed by atoms with van der Waals surface area (Å²) in [5, 5.41) is 3.35. The number of piperazine rings is 1. The fraction of sp³-hybridized carbons (Fsp3) is 1.00. The van der Waals surface area contributed by atoms with Crippen molar-refractivity contribution in [1.29, 1.82) is 0 Å². The maximum atomic E-state index is 5.67. The molecule has 4 heterocycles. The number of nitrogens with zero attached hydrogens (tertiary/aromatic N) is 1. The van der Waals surface area contributed by atoms with Gasteiger partial charge in [-0.2, -0.15) is 0 Å². The Hall–Kier alpha value is -0.200. The summed E-state index contributed by atoms with van der Waals surface area (Å²) in [5.41, 5.74) is 0. The zero-order valence-corrected chi connectivity index (χ0v) is 9.61. The van der Waals surface area contributed by atoms with Crippen molar-refractivity contribution < 1.29 is 14.2 Å². The Morgan fingerprint density at radius 1 is 1.06 bits per heavy atom. The first-order valence-electron chi connectivity index (χ1n) is 6.21. The Morgan fingerprint density at radius 3 is 2.31 bits per heavy atom. The predicted molar refractivity (Wildman–Crippen MR) is 58.0 cm³/mol. The third-order valence-electron chi connectivity index (χ3n) is 3.56. The second kappa shape index (κ2) is 4.58. The molecule has 4 saturated heterocycles. The van der Waals surface area contributed by atoms with Crippen molar-refractivity contribution in [2.45, 2.75) is 12.4 Å². The Labute approximate surface area is 96.0 Å². The SMILES string of the molecule is C1CN(CCC23OCC(CO2)CO3)CCN1. The molecule has 4 aliphatic heterocycles. The molecule has 5 nitrogen and oxygen atoms in total. The number of hydrogen-bond donors (Lipinski definition) is 1. The summed E-state index contributed by atoms with van der Waals surface area (Å²) < 4.78 is 17.0. The van der Waals surface area contributed by atoms with Gasteiger partial charge in [-0.1, -0.05) is 0 Å². The monoisotopic (exact) mass is 228 g/mol. The van der Waals surface area contributed by atoms with Crippen molar-refractivity contribution in [3.8, 4) is 0 Å². The van der Waals surface area contributed by atoms with E-state index in [4.69, 9.17) is 14.2 Å². The van der Waals surface area contributed by atoms with Gasteiger partial charge in [0, 0.05) is 45.1 Å². The molecule has 4 aliphatic rings. The first-order chi connectivity index (χ1) is 7.86. The van der Waals surface area contributed by atoms with Crippen molar-refractivity contribution in [2.24, 2.45) is 5.92 Å². The first-order valence-corrected chi connectivity index (χ1v) is 6.21. The molecule has 4 rings (SSSR count). The van der Waals surface area contributed by atoms with Gasteiger partial charge < -0.3 is 24.4 Å². The van der Waals surface area contributed by atoms with Crippen molar-refractivity contribution in [2.75, 3.05) is 52.5 Å². The lowest BCUT2D eigenvalue weighted by atomic mass is 10.1. The van der Waals surface area contributed by atoms with Gasteiger partial charge in [0.2, 0.25) is 0 Å². The van der Waals surface area contributed by atoms with Gasteiger partial charge in [-0.25, -0.2) is 0 Å². The minimum absolute atomic E-state index is 0.445. The van der Waals surface area contributed by atoms with Gasteiger partial charge in [-0.15, -0.1) is 0 Å². The summed E-state index contributed by atoms with van der Waals surface area (Å²) in [4.78, 5) is 2.43. The highest BCUT2D eigenvalue weighted by molar-refractivity contribution is 4.77. The lowest BCUT2D eigenvalue weighted by Crippen LogP contribution is -2.55. The summed E-state index contributed by atoms with van der Waals surface area (Å²) in [7, 11) is 0. The van der Waals surface area contributed by atoms with Crippen LogP contribution in [0.2, 0.25) is 0 Å². The largest absolute Gasteiger partial charge is 0.327 e. The van der Waals surface area contributed by atoms with Crippen molar-refractivity contribution in [3.05, 3.63) is 0 Å². The molecular weight excluding hydrogens is 208 g/mol. The van der Waals surface area contributed by atoms with Crippen LogP contribution in [-0.4, -0.2) is 63.4 Å². The van der Waals surface area contributed by atoms with E-state index in [0.29, 0.717) is 5.92 Å². The van der Waals surface area contributed by atoms with E-state index in [1.807, 2.05) is 0 Å². The molecule has 92 valence electrons. The van der Waals surface area contributed by atoms with Gasteiger partial charge in [0.15, 0.2) is 0 Å². The van der Waals surface area contributed by atoms with Crippen molar-refractivity contribution in [1.82, 2.24) is 10.2 Å². The van der Waals surface area contributed by atoms with Crippen LogP contribution >= 0.6 is 0 Å². The molecule has 4 fully saturated rings. The van der Waals surface area contributed by atoms with Crippen LogP contribution in [0.5, 0.6) is 0 Å². The molecule has 0 amide bonds. The zero-order valence-electron chi connectivity index (χ0n) is 9.61. The third-order valence-corrected chi connectivity index (χ3v) is 3.56. The van der Waals surface area contributed by atoms with Crippen LogP contribution in [0.4, 0.5) is 0 Å². The van der Waals surface area contributed by atoms with Gasteiger partial charge in [-0.3, -0.25) is 0 Å². The zero-order chi connectivity index (χ0) is 10.8. The second-order valence-corrected chi connectivity index (χ2v) is 4.82. The van der Waals surface area contributed by atoms with E-state index >= 15 is 0 Å². The molecule has 0 aliphatic carbocycles. The summed E-state index contributed by atoms with van der Waals surface area (Å²) in [6.07, 6.45) is 0.819. The van der Waals surface area contributed by atoms with Crippen molar-refractivity contribution in [3.63, 3.8) is 0 Å². The second-order valence-electron chi connectivity index (χ2n) is 4.82. The van der Waals surface area contributed by atoms with Gasteiger partial charge in [0.1, 0.15) is 0 Å². The third kappa shape index (κ3) is 2.24. The van der Waals surface area contributed by atoms with E-state index in [0.717, 1.165) is 59.0 Å². The Balaban J connectivity index is 1.49. The molecule has 0 spiro atoms. The standard InChI is InChI=1S/C11H20N2O3/c1(4-13-5-2-12-3-6-13)11-14-7-10(8-15-11)9-16-11/h10,12H,1-9H2. The number of nitrogens with one attached hydrogen (secondary N) is 1. The average molecular weight is 228 g/mol. The van der Waals surface area contributed by atoms with E-state index < -0.39 is 5.97 Å². The number of hydrogen-bond acceptors (Lipinski definition) is 5. The maximum Gasteiger partial charge on any atom is 0.284 e. The molecule has 0 unspecified atom stereocenters. The molecule has 1 N–H and O–H groups in total. The fourth-order valence-electron chi connectivity index (χ4n) is 2.45. The molecule has 0 saturated carbocycles. The lowest BCUT2D eigenvalue weighted by molar-refractivity contribution is -0.450. The highest BCUT2D eigenvalue weighted by Crippen LogP contribution is 2.32. The molecule has 0 aromatic rings. The van der Waals surface area contributed by atoms with Gasteiger partial charge in [-0.05, 0) is 0 Å². The van der Waals surface area contributed by atoms with E-state index in [2.05, 4.69) is 10.2 Å². The summed E-state index contributed by atoms with van der Waals surface area (Å²) >= 11 is 0. The molecule has 0 atom stereocenters. The normalized spacial score (nSPS) is 40.1. The van der Waals surface area contributed by atoms with Gasteiger partial charge in [0.05, 0.1) is 19.8 Å². The molecule has 0 radical (unpaired) electrons. The summed E-state index contributed by atoms with van der Waals surface area (Å²) in [6.45, 7) is 7.75. The van der Waals surface area contributed by atoms with E-state index in [-0.39, 0.29) is 0 Å². The highest BCUT2D eigenvalue weighted by Gasteiger charge is 2.44. The topological polar surface area (TPSA) is 43.0 Å². The number of ether oxygens (including phenoxy) is 3. The minimum atomic E-state index is -0.723. The van der Waals surface area contributed by atoms with Crippen LogP contribution in [0.3, 0.4) is 0 Å². The first kappa shape index (κ1) is 10.9. The van der Waals surface area contributed by atoms with Crippen LogP contribution < -0.4 is 5.32 Å². The van der Waals surface area contributed by atoms with E-state index in [9.17, 15) is 0 Å². The number of rotatable bonds is 3. The molecular formula is C11H20N2O3. The van der Waals surface area contributed by atoms with E-state index in [1.165, 1.54) is 0 Å². The predicted octanol–water partition coefficient (Wildman–Crippen LogP) is -0.371. The summed E-state index contributed by atoms with van der Waals surface area (Å²) in [5.74, 6) is -0.277. The minimum Gasteiger partial charge on any atom is -0.327 e. The van der Waals surface area contributed by atoms with Crippen LogP contribution in [0.25, 0.3) is 0 Å². The molecule has 0 aromatic heterocycles. The Kier molecular flexibility index (Phi) is 3.13. The maximum absolute atomic E-state index is 5.67. The van der Waals surface area contributed by atoms with E-state index in [1.54, 1.807) is 0 Å². The van der Waals surface area contributed by atoms with Crippen LogP contribution in [0.15, 0.2) is 0 Å². The van der Waals surface area contributed by atoms with Crippen LogP contribution in [0.1, 0.15) is 6.42 Å². The van der Waals surface area contributed by atoms with Gasteiger partial charge >= 0.3 is 0 Å². The van der Waals surface area contributed by atoms with Crippen molar-refractivity contribution >= 4 is 0 Å². The van der Waals surface area contributed by atoms with Crippen LogP contribution in [0, 0.1) is 5.92 Å². The number of fused-ring (bicyclic) bond motifs is 3. The summed E-state index contributed by atoms with van der Waals surface area (Å²) in [6, 6.07) is 0. The molecule has 16 heavy (non-hydrogen) atoms. The van der Waals surface area contributed by atoms with Gasteiger partial charge in [0.25, 0.3) is 5.97 Å². The Bertz CT molecular complexity index is 222. The van der Waals surface area contributed by atoms with Crippen LogP contribution in [-0.2, 0) is 14.2 Å². The fourth-order valence-corrected chi connectivity index (χ4v) is 2.45. The Morgan fingerprint density at radius 2 is 1.69 bits per heavy atom. The quantitative estimate of drug-likeness (QED) is 0.714. The lowest BCUT2D eigenvalue weighted by Gasteiger charge is -2.46. The highest BCUT2D eigenvalue weighted by atomic mass is 16.9. The molecule has 0 aromatic carbocycles. The molecule has 5 heteroatoms. The smallest absolute Gasteiger partial charge is 0.284 e.